The van der Waals surface area contributed by atoms with E-state index < -0.39 is 18.3 Å². The minimum Gasteiger partial charge on any atom is -0.279 e. The zero-order valence-corrected chi connectivity index (χ0v) is 10.1. The molecular formula is C8H24S2. The van der Waals surface area contributed by atoms with Gasteiger partial charge in [-0.15, -0.1) is 0 Å². The fourth-order valence-corrected chi connectivity index (χ4v) is 34.6. The van der Waals surface area contributed by atoms with E-state index in [0.29, 0.717) is 0 Å². The first-order valence-corrected chi connectivity index (χ1v) is 11.8. The molecule has 1 rings (SSSR count). The van der Waals surface area contributed by atoms with Gasteiger partial charge in [0.15, 0.2) is 0 Å². The molecule has 1 fully saturated rings. The van der Waals surface area contributed by atoms with Crippen molar-refractivity contribution >= 4 is 18.3 Å². The molecule has 2 heteroatoms. The summed E-state index contributed by atoms with van der Waals surface area (Å²) in [6.07, 6.45) is 15.2. The predicted molar refractivity (Wildman–Crippen MR) is 63.3 cm³/mol. The first-order chi connectivity index (χ1) is 3.95. The second-order valence-electron chi connectivity index (χ2n) is 7.21. The molecule has 1 aliphatic heterocycles. The van der Waals surface area contributed by atoms with Crippen molar-refractivity contribution in [2.75, 3.05) is 47.7 Å². The molecule has 0 aromatic rings. The second kappa shape index (κ2) is 1.42. The van der Waals surface area contributed by atoms with Gasteiger partial charge in [0.05, 0.1) is 0 Å². The monoisotopic (exact) mass is 184 g/mol. The van der Waals surface area contributed by atoms with Crippen molar-refractivity contribution in [2.45, 2.75) is 0 Å². The van der Waals surface area contributed by atoms with E-state index in [-0.39, 0.29) is 0 Å². The van der Waals surface area contributed by atoms with Gasteiger partial charge in [-0.25, -0.2) is 0 Å². The Labute approximate surface area is 66.3 Å². The Hall–Kier alpha value is 0.700. The number of thiol groups is 2. The van der Waals surface area contributed by atoms with Crippen LogP contribution < -0.4 is 0 Å². The summed E-state index contributed by atoms with van der Waals surface area (Å²) in [6.45, 7) is 0. The van der Waals surface area contributed by atoms with Crippen LogP contribution in [0, 0.1) is 0 Å². The standard InChI is InChI=1S/C8H24S2/c1-9(2,3)7-10(4,5,6)8-9/h9-10H,7-8H2,1-6H3. The minimum atomic E-state index is -1.05. The maximum absolute atomic E-state index is 2.53. The van der Waals surface area contributed by atoms with Crippen LogP contribution in [0.25, 0.3) is 0 Å². The van der Waals surface area contributed by atoms with Crippen molar-refractivity contribution in [1.82, 2.24) is 0 Å². The van der Waals surface area contributed by atoms with Gasteiger partial charge >= 0.3 is 0 Å². The molecule has 0 unspecified atom stereocenters. The fraction of sp³-hybridized carbons (Fsp3) is 1.00. The van der Waals surface area contributed by atoms with Gasteiger partial charge in [0.2, 0.25) is 0 Å². The van der Waals surface area contributed by atoms with E-state index in [1.165, 1.54) is 0 Å². The van der Waals surface area contributed by atoms with Crippen LogP contribution in [0.15, 0.2) is 0 Å². The molecule has 0 aliphatic carbocycles. The highest BCUT2D eigenvalue weighted by molar-refractivity contribution is 8.76. The summed E-state index contributed by atoms with van der Waals surface area (Å²) in [7, 11) is -2.11. The number of hydrogen-bond acceptors (Lipinski definition) is 0. The zero-order chi connectivity index (χ0) is 8.31. The van der Waals surface area contributed by atoms with E-state index in [1.54, 1.807) is 10.2 Å². The Morgan fingerprint density at radius 3 is 0.800 bits per heavy atom. The lowest BCUT2D eigenvalue weighted by Gasteiger charge is -2.80. The average molecular weight is 184 g/mol. The summed E-state index contributed by atoms with van der Waals surface area (Å²) >= 11 is 0. The lowest BCUT2D eigenvalue weighted by molar-refractivity contribution is 1.59. The van der Waals surface area contributed by atoms with Crippen LogP contribution in [-0.4, -0.2) is 47.7 Å². The van der Waals surface area contributed by atoms with E-state index in [4.69, 9.17) is 0 Å². The van der Waals surface area contributed by atoms with Gasteiger partial charge in [-0.1, -0.05) is 0 Å². The highest BCUT2D eigenvalue weighted by Crippen LogP contribution is 2.91. The quantitative estimate of drug-likeness (QED) is 0.527. The highest BCUT2D eigenvalue weighted by Gasteiger charge is 2.50. The SMILES string of the molecule is C[SH]1(C)(C)C[SH](C)(C)(C)C1. The first kappa shape index (κ1) is 8.79. The van der Waals surface area contributed by atoms with Crippen molar-refractivity contribution < 1.29 is 0 Å². The van der Waals surface area contributed by atoms with Gasteiger partial charge < -0.3 is 0 Å². The van der Waals surface area contributed by atoms with E-state index >= 15 is 0 Å². The third-order valence-electron chi connectivity index (χ3n) is 2.10. The van der Waals surface area contributed by atoms with Crippen LogP contribution in [0.5, 0.6) is 0 Å². The maximum atomic E-state index is 2.53. The van der Waals surface area contributed by atoms with E-state index in [2.05, 4.69) is 37.5 Å². The highest BCUT2D eigenvalue weighted by atomic mass is 32.4. The molecular weight excluding hydrogens is 160 g/mol. The third-order valence-corrected chi connectivity index (χ3v) is 18.9. The van der Waals surface area contributed by atoms with Crippen LogP contribution in [0.3, 0.4) is 0 Å². The Bertz CT molecular complexity index is 141. The molecule has 0 aromatic carbocycles. The maximum Gasteiger partial charge on any atom is -0.0179 e. The van der Waals surface area contributed by atoms with Crippen molar-refractivity contribution in [1.29, 1.82) is 0 Å². The molecule has 68 valence electrons. The average Bonchev–Trinajstić information content (AvgIpc) is 1.08. The number of hydrogen-bond donors (Lipinski definition) is 2. The summed E-state index contributed by atoms with van der Waals surface area (Å²) in [5, 5.41) is 3.19. The molecule has 1 aliphatic rings. The summed E-state index contributed by atoms with van der Waals surface area (Å²) in [4.78, 5) is 0. The number of rotatable bonds is 0. The van der Waals surface area contributed by atoms with Crippen LogP contribution in [0.1, 0.15) is 0 Å². The Morgan fingerprint density at radius 1 is 0.600 bits per heavy atom. The molecule has 0 saturated carbocycles. The Balaban J connectivity index is 2.78. The van der Waals surface area contributed by atoms with Gasteiger partial charge in [0.25, 0.3) is 0 Å². The lowest BCUT2D eigenvalue weighted by atomic mass is 11.7. The van der Waals surface area contributed by atoms with Gasteiger partial charge in [0, 0.05) is 0 Å². The normalized spacial score (nSPS) is 46.6. The van der Waals surface area contributed by atoms with E-state index in [9.17, 15) is 0 Å². The van der Waals surface area contributed by atoms with Crippen molar-refractivity contribution in [3.8, 4) is 0 Å². The largest absolute Gasteiger partial charge is 0.279 e. The Kier molecular flexibility index (Phi) is 1.25. The van der Waals surface area contributed by atoms with Crippen molar-refractivity contribution in [3.63, 3.8) is 0 Å². The van der Waals surface area contributed by atoms with Gasteiger partial charge in [-0.05, 0) is 47.7 Å². The smallest absolute Gasteiger partial charge is 0.0179 e. The molecule has 0 nitrogen and oxygen atoms in total. The van der Waals surface area contributed by atoms with Crippen LogP contribution in [-0.2, 0) is 0 Å². The van der Waals surface area contributed by atoms with Crippen LogP contribution in [0.2, 0.25) is 0 Å². The molecule has 0 spiro atoms. The molecule has 0 aromatic heterocycles. The molecule has 0 radical (unpaired) electrons. The molecule has 1 heterocycles. The fourth-order valence-electron chi connectivity index (χ4n) is 3.85. The van der Waals surface area contributed by atoms with E-state index in [1.807, 2.05) is 0 Å². The van der Waals surface area contributed by atoms with Crippen molar-refractivity contribution in [2.24, 2.45) is 0 Å². The molecule has 0 bridgehead atoms. The topological polar surface area (TPSA) is 0 Å². The molecule has 1 saturated heterocycles. The molecule has 0 atom stereocenters. The van der Waals surface area contributed by atoms with Crippen LogP contribution >= 0.6 is 18.3 Å². The Morgan fingerprint density at radius 2 is 0.800 bits per heavy atom. The molecule has 0 amide bonds. The van der Waals surface area contributed by atoms with Gasteiger partial charge in [0.1, 0.15) is 0 Å². The summed E-state index contributed by atoms with van der Waals surface area (Å²) in [5.41, 5.74) is 0. The summed E-state index contributed by atoms with van der Waals surface area (Å²) in [6, 6.07) is 0. The van der Waals surface area contributed by atoms with Crippen LogP contribution in [0.4, 0.5) is 0 Å². The molecule has 0 N–H and O–H groups in total. The second-order valence-corrected chi connectivity index (χ2v) is 23.3. The minimum absolute atomic E-state index is 1.05. The predicted octanol–water partition coefficient (Wildman–Crippen LogP) is 1.84. The van der Waals surface area contributed by atoms with Crippen molar-refractivity contribution in [3.05, 3.63) is 0 Å². The third kappa shape index (κ3) is 1.85. The van der Waals surface area contributed by atoms with Gasteiger partial charge in [-0.2, -0.15) is 0 Å². The molecule has 10 heavy (non-hydrogen) atoms. The van der Waals surface area contributed by atoms with Gasteiger partial charge in [-0.3, -0.25) is 18.3 Å². The first-order valence-electron chi connectivity index (χ1n) is 3.95. The van der Waals surface area contributed by atoms with E-state index in [0.717, 1.165) is 0 Å². The zero-order valence-electron chi connectivity index (χ0n) is 8.31. The lowest BCUT2D eigenvalue weighted by Crippen LogP contribution is -2.45. The summed E-state index contributed by atoms with van der Waals surface area (Å²) < 4.78 is 0. The summed E-state index contributed by atoms with van der Waals surface area (Å²) in [5.74, 6) is 0.